The third-order valence-electron chi connectivity index (χ3n) is 3.45. The van der Waals surface area contributed by atoms with Gasteiger partial charge in [-0.25, -0.2) is 9.48 Å². The Balaban J connectivity index is 2.54. The highest BCUT2D eigenvalue weighted by Gasteiger charge is 2.32. The molecule has 0 radical (unpaired) electrons. The zero-order chi connectivity index (χ0) is 13.5. The third kappa shape index (κ3) is 2.26. The van der Waals surface area contributed by atoms with Gasteiger partial charge in [-0.3, -0.25) is 0 Å². The van der Waals surface area contributed by atoms with Gasteiger partial charge in [-0.05, 0) is 33.6 Å². The minimum Gasteiger partial charge on any atom is -0.478 e. The lowest BCUT2D eigenvalue weighted by Crippen LogP contribution is -2.23. The molecule has 0 amide bonds. The Kier molecular flexibility index (Phi) is 3.41. The van der Waals surface area contributed by atoms with Crippen LogP contribution in [0.3, 0.4) is 0 Å². The number of carboxylic acids is 1. The first-order valence-corrected chi connectivity index (χ1v) is 6.72. The smallest absolute Gasteiger partial charge is 0.340 e. The topological polar surface area (TPSA) is 55.1 Å². The molecule has 4 nitrogen and oxygen atoms in total. The zero-order valence-electron chi connectivity index (χ0n) is 11.0. The van der Waals surface area contributed by atoms with Crippen molar-refractivity contribution >= 4 is 17.6 Å². The number of halogens is 1. The molecule has 0 unspecified atom stereocenters. The van der Waals surface area contributed by atoms with Crippen LogP contribution in [-0.2, 0) is 5.54 Å². The second-order valence-corrected chi connectivity index (χ2v) is 6.28. The quantitative estimate of drug-likeness (QED) is 0.892. The summed E-state index contributed by atoms with van der Waals surface area (Å²) in [5.74, 6) is -0.727. The molecule has 0 saturated heterocycles. The van der Waals surface area contributed by atoms with E-state index in [-0.39, 0.29) is 22.2 Å². The molecule has 2 rings (SSSR count). The lowest BCUT2D eigenvalue weighted by molar-refractivity contribution is 0.0695. The van der Waals surface area contributed by atoms with E-state index in [2.05, 4.69) is 5.10 Å². The van der Waals surface area contributed by atoms with Crippen LogP contribution in [0.1, 0.15) is 68.4 Å². The Bertz CT molecular complexity index is 468. The van der Waals surface area contributed by atoms with Crippen LogP contribution >= 0.6 is 11.6 Å². The highest BCUT2D eigenvalue weighted by Crippen LogP contribution is 2.38. The van der Waals surface area contributed by atoms with E-state index in [1.54, 1.807) is 4.68 Å². The van der Waals surface area contributed by atoms with Crippen molar-refractivity contribution in [3.8, 4) is 0 Å². The number of hydrogen-bond acceptors (Lipinski definition) is 2. The van der Waals surface area contributed by atoms with Crippen LogP contribution in [0.4, 0.5) is 0 Å². The van der Waals surface area contributed by atoms with Crippen LogP contribution < -0.4 is 0 Å². The molecule has 1 aliphatic rings. The van der Waals surface area contributed by atoms with Crippen molar-refractivity contribution in [1.82, 2.24) is 9.78 Å². The van der Waals surface area contributed by atoms with E-state index in [4.69, 9.17) is 11.6 Å². The van der Waals surface area contributed by atoms with E-state index >= 15 is 0 Å². The highest BCUT2D eigenvalue weighted by atomic mass is 35.5. The Labute approximate surface area is 112 Å². The lowest BCUT2D eigenvalue weighted by atomic mass is 10.0. The lowest BCUT2D eigenvalue weighted by Gasteiger charge is -2.20. The molecule has 0 atom stereocenters. The van der Waals surface area contributed by atoms with Crippen LogP contribution in [0.25, 0.3) is 0 Å². The molecule has 1 fully saturated rings. The van der Waals surface area contributed by atoms with E-state index in [9.17, 15) is 9.90 Å². The van der Waals surface area contributed by atoms with E-state index in [0.29, 0.717) is 5.69 Å². The van der Waals surface area contributed by atoms with Gasteiger partial charge >= 0.3 is 5.97 Å². The molecule has 0 aliphatic heterocycles. The van der Waals surface area contributed by atoms with E-state index in [1.165, 1.54) is 0 Å². The van der Waals surface area contributed by atoms with Crippen molar-refractivity contribution < 1.29 is 9.90 Å². The molecule has 1 heterocycles. The Morgan fingerprint density at radius 3 is 2.39 bits per heavy atom. The first-order chi connectivity index (χ1) is 8.32. The maximum Gasteiger partial charge on any atom is 0.340 e. The molecule has 0 bridgehead atoms. The van der Waals surface area contributed by atoms with Crippen LogP contribution in [0.5, 0.6) is 0 Å². The Morgan fingerprint density at radius 2 is 1.94 bits per heavy atom. The fourth-order valence-corrected chi connectivity index (χ4v) is 3.01. The minimum absolute atomic E-state index is 0.193. The summed E-state index contributed by atoms with van der Waals surface area (Å²) in [7, 11) is 0. The van der Waals surface area contributed by atoms with Gasteiger partial charge in [-0.2, -0.15) is 5.10 Å². The van der Waals surface area contributed by atoms with Crippen molar-refractivity contribution in [2.45, 2.75) is 57.9 Å². The van der Waals surface area contributed by atoms with Gasteiger partial charge in [-0.1, -0.05) is 24.4 Å². The third-order valence-corrected chi connectivity index (χ3v) is 3.80. The summed E-state index contributed by atoms with van der Waals surface area (Å²) in [6.45, 7) is 5.90. The van der Waals surface area contributed by atoms with Crippen LogP contribution in [0, 0.1) is 0 Å². The van der Waals surface area contributed by atoms with Gasteiger partial charge in [0.25, 0.3) is 0 Å². The first kappa shape index (κ1) is 13.4. The molecule has 1 aromatic rings. The zero-order valence-corrected chi connectivity index (χ0v) is 11.8. The molecule has 100 valence electrons. The number of carbonyl (C=O) groups is 1. The molecule has 18 heavy (non-hydrogen) atoms. The highest BCUT2D eigenvalue weighted by molar-refractivity contribution is 6.32. The number of hydrogen-bond donors (Lipinski definition) is 1. The van der Waals surface area contributed by atoms with Gasteiger partial charge in [0, 0.05) is 5.92 Å². The van der Waals surface area contributed by atoms with Crippen molar-refractivity contribution in [2.75, 3.05) is 0 Å². The second-order valence-electron chi connectivity index (χ2n) is 5.92. The van der Waals surface area contributed by atoms with Crippen molar-refractivity contribution in [1.29, 1.82) is 0 Å². The summed E-state index contributed by atoms with van der Waals surface area (Å²) in [6, 6.07) is 0. The molecule has 5 heteroatoms. The fraction of sp³-hybridized carbons (Fsp3) is 0.692. The predicted octanol–water partition coefficient (Wildman–Crippen LogP) is 3.65. The molecule has 1 aromatic heterocycles. The Morgan fingerprint density at radius 1 is 1.39 bits per heavy atom. The minimum atomic E-state index is -0.975. The second kappa shape index (κ2) is 4.57. The SMILES string of the molecule is CC(C)(C)n1nc(C2CCCC2)c(C(=O)O)c1Cl. The standard InChI is InChI=1S/C13H19ClN2O2/c1-13(2,3)16-11(14)9(12(17)18)10(15-16)8-6-4-5-7-8/h8H,4-7H2,1-3H3,(H,17,18). The average molecular weight is 271 g/mol. The summed E-state index contributed by atoms with van der Waals surface area (Å²) in [4.78, 5) is 11.4. The number of carboxylic acid groups (broad SMARTS) is 1. The molecule has 1 saturated carbocycles. The monoisotopic (exact) mass is 270 g/mol. The maximum atomic E-state index is 11.4. The molecule has 0 aromatic carbocycles. The van der Waals surface area contributed by atoms with E-state index in [1.807, 2.05) is 20.8 Å². The summed E-state index contributed by atoms with van der Waals surface area (Å²) >= 11 is 6.21. The number of aromatic nitrogens is 2. The van der Waals surface area contributed by atoms with Crippen LogP contribution in [-0.4, -0.2) is 20.9 Å². The van der Waals surface area contributed by atoms with Gasteiger partial charge < -0.3 is 5.11 Å². The number of nitrogens with zero attached hydrogens (tertiary/aromatic N) is 2. The summed E-state index contributed by atoms with van der Waals surface area (Å²) in [5.41, 5.74) is 0.552. The number of aromatic carboxylic acids is 1. The Hall–Kier alpha value is -1.03. The van der Waals surface area contributed by atoms with Gasteiger partial charge in [0.15, 0.2) is 0 Å². The molecule has 0 spiro atoms. The largest absolute Gasteiger partial charge is 0.478 e. The van der Waals surface area contributed by atoms with Crippen LogP contribution in [0.2, 0.25) is 5.15 Å². The molecular weight excluding hydrogens is 252 g/mol. The normalized spacial score (nSPS) is 17.3. The predicted molar refractivity (Wildman–Crippen MR) is 70.4 cm³/mol. The average Bonchev–Trinajstić information content (AvgIpc) is 2.81. The molecule has 1 N–H and O–H groups in total. The molecular formula is C13H19ClN2O2. The number of rotatable bonds is 2. The van der Waals surface area contributed by atoms with Gasteiger partial charge in [0.05, 0.1) is 11.2 Å². The van der Waals surface area contributed by atoms with Crippen molar-refractivity contribution in [3.05, 3.63) is 16.4 Å². The summed E-state index contributed by atoms with van der Waals surface area (Å²) in [6.07, 6.45) is 4.31. The maximum absolute atomic E-state index is 11.4. The molecule has 1 aliphatic carbocycles. The fourth-order valence-electron chi connectivity index (χ4n) is 2.54. The van der Waals surface area contributed by atoms with Gasteiger partial charge in [-0.15, -0.1) is 0 Å². The van der Waals surface area contributed by atoms with Gasteiger partial charge in [0.2, 0.25) is 0 Å². The first-order valence-electron chi connectivity index (χ1n) is 6.34. The van der Waals surface area contributed by atoms with Crippen molar-refractivity contribution in [2.24, 2.45) is 0 Å². The van der Waals surface area contributed by atoms with E-state index < -0.39 is 5.97 Å². The van der Waals surface area contributed by atoms with Crippen LogP contribution in [0.15, 0.2) is 0 Å². The van der Waals surface area contributed by atoms with Crippen molar-refractivity contribution in [3.63, 3.8) is 0 Å². The van der Waals surface area contributed by atoms with Gasteiger partial charge in [0.1, 0.15) is 10.7 Å². The van der Waals surface area contributed by atoms with E-state index in [0.717, 1.165) is 25.7 Å². The summed E-state index contributed by atoms with van der Waals surface area (Å²) in [5, 5.41) is 14.1. The summed E-state index contributed by atoms with van der Waals surface area (Å²) < 4.78 is 1.63.